The number of hydrogen-bond acceptors (Lipinski definition) is 5. The number of nitrogens with zero attached hydrogens (tertiary/aromatic N) is 3. The van der Waals surface area contributed by atoms with E-state index in [9.17, 15) is 4.79 Å². The summed E-state index contributed by atoms with van der Waals surface area (Å²) in [5.74, 6) is 2.05. The lowest BCUT2D eigenvalue weighted by molar-refractivity contribution is -0.133. The second-order valence-electron chi connectivity index (χ2n) is 7.44. The van der Waals surface area contributed by atoms with Gasteiger partial charge in [0.05, 0.1) is 20.3 Å². The van der Waals surface area contributed by atoms with Crippen LogP contribution in [0.15, 0.2) is 24.3 Å². The summed E-state index contributed by atoms with van der Waals surface area (Å²) in [5.41, 5.74) is 0. The van der Waals surface area contributed by atoms with Gasteiger partial charge in [0.15, 0.2) is 0 Å². The van der Waals surface area contributed by atoms with Crippen molar-refractivity contribution in [3.05, 3.63) is 24.3 Å². The highest BCUT2D eigenvalue weighted by Crippen LogP contribution is 2.17. The number of carbonyl (C=O) groups is 1. The molecule has 1 aromatic rings. The summed E-state index contributed by atoms with van der Waals surface area (Å²) in [4.78, 5) is 19.2. The Hall–Kier alpha value is -1.79. The van der Waals surface area contributed by atoms with Crippen molar-refractivity contribution in [2.75, 3.05) is 66.1 Å². The maximum atomic E-state index is 12.4. The van der Waals surface area contributed by atoms with Crippen LogP contribution in [0.5, 0.6) is 11.5 Å². The fourth-order valence-electron chi connectivity index (χ4n) is 3.76. The number of piperidine rings is 1. The fraction of sp³-hybridized carbons (Fsp3) is 0.667. The largest absolute Gasteiger partial charge is 0.497 e. The van der Waals surface area contributed by atoms with E-state index in [1.807, 2.05) is 29.2 Å². The zero-order chi connectivity index (χ0) is 18.9. The van der Waals surface area contributed by atoms with Crippen LogP contribution in [-0.4, -0.2) is 86.7 Å². The lowest BCUT2D eigenvalue weighted by Gasteiger charge is -2.36. The standard InChI is InChI=1S/C21H33N3O3/c1-26-19-6-8-20(9-7-19)27-17-5-10-22-13-15-23(16-14-22)18-21(25)24-11-3-2-4-12-24/h6-9H,2-5,10-18H2,1H3. The predicted octanol–water partition coefficient (Wildman–Crippen LogP) is 2.09. The number of likely N-dealkylation sites (tertiary alicyclic amines) is 1. The SMILES string of the molecule is COc1ccc(OCCCN2CCN(CC(=O)N3CCCCC3)CC2)cc1. The molecule has 0 spiro atoms. The Labute approximate surface area is 163 Å². The molecular formula is C21H33N3O3. The lowest BCUT2D eigenvalue weighted by atomic mass is 10.1. The Morgan fingerprint density at radius 3 is 2.19 bits per heavy atom. The molecule has 6 nitrogen and oxygen atoms in total. The molecule has 2 heterocycles. The van der Waals surface area contributed by atoms with Crippen LogP contribution in [0.3, 0.4) is 0 Å². The van der Waals surface area contributed by atoms with Crippen molar-refractivity contribution in [1.29, 1.82) is 0 Å². The van der Waals surface area contributed by atoms with Crippen molar-refractivity contribution in [3.8, 4) is 11.5 Å². The smallest absolute Gasteiger partial charge is 0.236 e. The monoisotopic (exact) mass is 375 g/mol. The maximum Gasteiger partial charge on any atom is 0.236 e. The molecule has 150 valence electrons. The van der Waals surface area contributed by atoms with E-state index < -0.39 is 0 Å². The van der Waals surface area contributed by atoms with Crippen LogP contribution in [0.4, 0.5) is 0 Å². The normalized spacial score (nSPS) is 19.1. The van der Waals surface area contributed by atoms with E-state index in [2.05, 4.69) is 9.80 Å². The number of rotatable bonds is 8. The summed E-state index contributed by atoms with van der Waals surface area (Å²) in [5, 5.41) is 0. The number of amides is 1. The van der Waals surface area contributed by atoms with Crippen molar-refractivity contribution < 1.29 is 14.3 Å². The molecule has 2 saturated heterocycles. The average molecular weight is 376 g/mol. The first-order valence-electron chi connectivity index (χ1n) is 10.2. The summed E-state index contributed by atoms with van der Waals surface area (Å²) >= 11 is 0. The number of benzene rings is 1. The third-order valence-corrected chi connectivity index (χ3v) is 5.48. The topological polar surface area (TPSA) is 45.3 Å². The van der Waals surface area contributed by atoms with E-state index in [1.165, 1.54) is 6.42 Å². The van der Waals surface area contributed by atoms with Gasteiger partial charge in [0.1, 0.15) is 11.5 Å². The van der Waals surface area contributed by atoms with Crippen LogP contribution in [0.1, 0.15) is 25.7 Å². The lowest BCUT2D eigenvalue weighted by Crippen LogP contribution is -2.50. The Morgan fingerprint density at radius 1 is 0.889 bits per heavy atom. The van der Waals surface area contributed by atoms with Crippen LogP contribution in [0.25, 0.3) is 0 Å². The highest BCUT2D eigenvalue weighted by Gasteiger charge is 2.22. The van der Waals surface area contributed by atoms with Crippen molar-refractivity contribution >= 4 is 5.91 Å². The second kappa shape index (κ2) is 10.5. The van der Waals surface area contributed by atoms with Crippen molar-refractivity contribution in [2.45, 2.75) is 25.7 Å². The molecule has 1 aromatic carbocycles. The molecular weight excluding hydrogens is 342 g/mol. The minimum Gasteiger partial charge on any atom is -0.497 e. The quantitative estimate of drug-likeness (QED) is 0.651. The van der Waals surface area contributed by atoms with Gasteiger partial charge in [0.2, 0.25) is 5.91 Å². The fourth-order valence-corrected chi connectivity index (χ4v) is 3.76. The number of ether oxygens (including phenoxy) is 2. The first-order chi connectivity index (χ1) is 13.2. The molecule has 0 bridgehead atoms. The predicted molar refractivity (Wildman–Crippen MR) is 106 cm³/mol. The van der Waals surface area contributed by atoms with Gasteiger partial charge in [-0.1, -0.05) is 0 Å². The van der Waals surface area contributed by atoms with Gasteiger partial charge in [-0.15, -0.1) is 0 Å². The van der Waals surface area contributed by atoms with Crippen LogP contribution in [-0.2, 0) is 4.79 Å². The summed E-state index contributed by atoms with van der Waals surface area (Å²) in [6, 6.07) is 7.72. The Morgan fingerprint density at radius 2 is 1.52 bits per heavy atom. The Kier molecular flexibility index (Phi) is 7.78. The van der Waals surface area contributed by atoms with Gasteiger partial charge in [-0.3, -0.25) is 9.69 Å². The van der Waals surface area contributed by atoms with E-state index in [0.717, 1.165) is 83.2 Å². The molecule has 2 aliphatic rings. The molecule has 0 atom stereocenters. The molecule has 0 aliphatic carbocycles. The van der Waals surface area contributed by atoms with E-state index in [1.54, 1.807) is 7.11 Å². The van der Waals surface area contributed by atoms with Gasteiger partial charge >= 0.3 is 0 Å². The average Bonchev–Trinajstić information content (AvgIpc) is 2.73. The molecule has 3 rings (SSSR count). The summed E-state index contributed by atoms with van der Waals surface area (Å²) in [7, 11) is 1.67. The molecule has 1 amide bonds. The minimum absolute atomic E-state index is 0.316. The third-order valence-electron chi connectivity index (χ3n) is 5.48. The first kappa shape index (κ1) is 20.0. The molecule has 0 unspecified atom stereocenters. The van der Waals surface area contributed by atoms with Gasteiger partial charge in [-0.05, 0) is 49.9 Å². The minimum atomic E-state index is 0.316. The van der Waals surface area contributed by atoms with Crippen molar-refractivity contribution in [3.63, 3.8) is 0 Å². The Bertz CT molecular complexity index is 565. The molecule has 0 aromatic heterocycles. The molecule has 0 radical (unpaired) electrons. The van der Waals surface area contributed by atoms with Crippen molar-refractivity contribution in [1.82, 2.24) is 14.7 Å². The maximum absolute atomic E-state index is 12.4. The molecule has 2 aliphatic heterocycles. The van der Waals surface area contributed by atoms with E-state index >= 15 is 0 Å². The molecule has 2 fully saturated rings. The molecule has 27 heavy (non-hydrogen) atoms. The van der Waals surface area contributed by atoms with Gasteiger partial charge < -0.3 is 19.3 Å². The molecule has 0 N–H and O–H groups in total. The highest BCUT2D eigenvalue weighted by atomic mass is 16.5. The number of hydrogen-bond donors (Lipinski definition) is 0. The summed E-state index contributed by atoms with van der Waals surface area (Å²) < 4.78 is 10.9. The third kappa shape index (κ3) is 6.40. The summed E-state index contributed by atoms with van der Waals surface area (Å²) in [6.45, 7) is 8.31. The number of methoxy groups -OCH3 is 1. The van der Waals surface area contributed by atoms with Gasteiger partial charge in [-0.2, -0.15) is 0 Å². The van der Waals surface area contributed by atoms with Crippen LogP contribution in [0.2, 0.25) is 0 Å². The Balaban J connectivity index is 1.27. The number of piperazine rings is 1. The highest BCUT2D eigenvalue weighted by molar-refractivity contribution is 5.78. The number of carbonyl (C=O) groups excluding carboxylic acids is 1. The van der Waals surface area contributed by atoms with Crippen LogP contribution < -0.4 is 9.47 Å². The zero-order valence-corrected chi connectivity index (χ0v) is 16.6. The van der Waals surface area contributed by atoms with Gasteiger partial charge in [0, 0.05) is 45.8 Å². The van der Waals surface area contributed by atoms with Crippen LogP contribution in [0, 0.1) is 0 Å². The van der Waals surface area contributed by atoms with E-state index in [4.69, 9.17) is 9.47 Å². The van der Waals surface area contributed by atoms with E-state index in [-0.39, 0.29) is 0 Å². The first-order valence-corrected chi connectivity index (χ1v) is 10.2. The van der Waals surface area contributed by atoms with Crippen molar-refractivity contribution in [2.24, 2.45) is 0 Å². The van der Waals surface area contributed by atoms with Gasteiger partial charge in [-0.25, -0.2) is 0 Å². The molecule has 0 saturated carbocycles. The summed E-state index contributed by atoms with van der Waals surface area (Å²) in [6.07, 6.45) is 4.61. The van der Waals surface area contributed by atoms with Gasteiger partial charge in [0.25, 0.3) is 0 Å². The molecule has 6 heteroatoms. The zero-order valence-electron chi connectivity index (χ0n) is 16.6. The van der Waals surface area contributed by atoms with E-state index in [0.29, 0.717) is 12.5 Å². The van der Waals surface area contributed by atoms with Crippen LogP contribution >= 0.6 is 0 Å². The second-order valence-corrected chi connectivity index (χ2v) is 7.44.